The normalized spacial score (nSPS) is 15.5. The number of H-pyrrole nitrogens is 2. The van der Waals surface area contributed by atoms with Gasteiger partial charge in [-0.25, -0.2) is 9.79 Å². The van der Waals surface area contributed by atoms with E-state index in [1.54, 1.807) is 12.3 Å². The maximum atomic E-state index is 11.3. The monoisotopic (exact) mass is 353 g/mol. The van der Waals surface area contributed by atoms with E-state index in [0.29, 0.717) is 35.4 Å². The summed E-state index contributed by atoms with van der Waals surface area (Å²) in [7, 11) is 0. The second-order valence-electron chi connectivity index (χ2n) is 5.86. The molecule has 3 aromatic heterocycles. The van der Waals surface area contributed by atoms with Crippen LogP contribution in [0, 0.1) is 11.3 Å². The predicted octanol–water partition coefficient (Wildman–Crippen LogP) is -1.22. The Morgan fingerprint density at radius 1 is 1.46 bits per heavy atom. The van der Waals surface area contributed by atoms with Gasteiger partial charge in [-0.05, 0) is 18.9 Å². The second-order valence-corrected chi connectivity index (χ2v) is 5.86. The smallest absolute Gasteiger partial charge is 0.326 e. The minimum Gasteiger partial charge on any atom is -0.493 e. The zero-order valence-corrected chi connectivity index (χ0v) is 13.6. The molecular weight excluding hydrogens is 338 g/mol. The molecule has 0 unspecified atom stereocenters. The van der Waals surface area contributed by atoms with Gasteiger partial charge < -0.3 is 15.4 Å². The summed E-state index contributed by atoms with van der Waals surface area (Å²) in [4.78, 5) is 29.4. The van der Waals surface area contributed by atoms with E-state index in [2.05, 4.69) is 35.3 Å². The number of fused-ring (bicyclic) bond motifs is 1. The Kier molecular flexibility index (Phi) is 3.85. The molecule has 11 nitrogen and oxygen atoms in total. The lowest BCUT2D eigenvalue weighted by molar-refractivity contribution is 0.454. The topological polar surface area (TPSA) is 160 Å². The third kappa shape index (κ3) is 3.12. The van der Waals surface area contributed by atoms with E-state index in [-0.39, 0.29) is 17.6 Å². The Balaban J connectivity index is 1.87. The highest BCUT2D eigenvalue weighted by Crippen LogP contribution is 2.22. The fourth-order valence-corrected chi connectivity index (χ4v) is 2.39. The number of nitrogens with one attached hydrogen (secondary N) is 3. The minimum absolute atomic E-state index is 0.225. The molecule has 26 heavy (non-hydrogen) atoms. The molecule has 0 aromatic carbocycles. The number of aromatic nitrogens is 6. The minimum atomic E-state index is -0.511. The van der Waals surface area contributed by atoms with Crippen LogP contribution in [0.25, 0.3) is 11.7 Å². The van der Waals surface area contributed by atoms with Crippen LogP contribution in [0.1, 0.15) is 25.0 Å². The number of aromatic amines is 2. The average molecular weight is 353 g/mol. The Morgan fingerprint density at radius 2 is 2.31 bits per heavy atom. The summed E-state index contributed by atoms with van der Waals surface area (Å²) >= 11 is 0. The molecule has 0 amide bonds. The Hall–Kier alpha value is -3.68. The van der Waals surface area contributed by atoms with Gasteiger partial charge in [0.1, 0.15) is 5.69 Å². The van der Waals surface area contributed by atoms with Crippen molar-refractivity contribution in [2.75, 3.05) is 11.9 Å². The molecule has 0 bridgehead atoms. The number of hydrogen-bond donors (Lipinski definition) is 4. The largest absolute Gasteiger partial charge is 0.493 e. The summed E-state index contributed by atoms with van der Waals surface area (Å²) in [5, 5.41) is 26.3. The van der Waals surface area contributed by atoms with Gasteiger partial charge in [0.05, 0.1) is 24.7 Å². The summed E-state index contributed by atoms with van der Waals surface area (Å²) in [5.74, 6) is 0.0766. The van der Waals surface area contributed by atoms with Crippen LogP contribution in [0.3, 0.4) is 0 Å². The third-order valence-corrected chi connectivity index (χ3v) is 3.78. The van der Waals surface area contributed by atoms with Crippen molar-refractivity contribution >= 4 is 17.7 Å². The third-order valence-electron chi connectivity index (χ3n) is 3.78. The van der Waals surface area contributed by atoms with Crippen molar-refractivity contribution in [1.29, 1.82) is 5.26 Å². The zero-order valence-electron chi connectivity index (χ0n) is 13.6. The van der Waals surface area contributed by atoms with Crippen molar-refractivity contribution in [1.82, 2.24) is 29.5 Å². The van der Waals surface area contributed by atoms with Crippen molar-refractivity contribution < 1.29 is 5.11 Å². The zero-order chi connectivity index (χ0) is 18.1. The average Bonchev–Trinajstić information content (AvgIpc) is 3.24. The number of rotatable bonds is 5. The van der Waals surface area contributed by atoms with Crippen LogP contribution in [0.15, 0.2) is 16.0 Å². The fourth-order valence-electron chi connectivity index (χ4n) is 2.39. The quantitative estimate of drug-likeness (QED) is 0.418. The summed E-state index contributed by atoms with van der Waals surface area (Å²) < 4.78 is 1.52. The summed E-state index contributed by atoms with van der Waals surface area (Å²) in [6, 6.07) is 2.29. The van der Waals surface area contributed by atoms with Gasteiger partial charge in [-0.1, -0.05) is 0 Å². The molecule has 132 valence electrons. The Bertz CT molecular complexity index is 1180. The molecule has 1 aliphatic carbocycles. The summed E-state index contributed by atoms with van der Waals surface area (Å²) in [5.41, 5.74) is 0.606. The van der Waals surface area contributed by atoms with Gasteiger partial charge in [-0.3, -0.25) is 4.98 Å². The number of hydrogen-bond acceptors (Lipinski definition) is 8. The Morgan fingerprint density at radius 3 is 3.00 bits per heavy atom. The highest BCUT2D eigenvalue weighted by atomic mass is 16.3. The molecule has 0 spiro atoms. The van der Waals surface area contributed by atoms with Crippen LogP contribution < -0.4 is 21.8 Å². The number of nitriles is 1. The van der Waals surface area contributed by atoms with Gasteiger partial charge in [0.15, 0.2) is 5.65 Å². The lowest BCUT2D eigenvalue weighted by atomic mass is 10.3. The van der Waals surface area contributed by atoms with Crippen molar-refractivity contribution in [2.24, 2.45) is 4.99 Å². The van der Waals surface area contributed by atoms with Crippen molar-refractivity contribution in [3.8, 4) is 11.9 Å². The van der Waals surface area contributed by atoms with Crippen LogP contribution in [-0.4, -0.2) is 47.2 Å². The number of aromatic hydroxyl groups is 1. The van der Waals surface area contributed by atoms with Crippen LogP contribution in [0.2, 0.25) is 0 Å². The first-order chi connectivity index (χ1) is 12.6. The van der Waals surface area contributed by atoms with E-state index in [1.165, 1.54) is 4.52 Å². The molecule has 0 aliphatic heterocycles. The van der Waals surface area contributed by atoms with Gasteiger partial charge in [0.2, 0.25) is 11.8 Å². The molecule has 0 saturated heterocycles. The molecule has 4 N–H and O–H groups in total. The van der Waals surface area contributed by atoms with E-state index >= 15 is 0 Å². The van der Waals surface area contributed by atoms with Crippen molar-refractivity contribution in [3.63, 3.8) is 0 Å². The van der Waals surface area contributed by atoms with Gasteiger partial charge in [0, 0.05) is 11.8 Å². The first kappa shape index (κ1) is 15.8. The van der Waals surface area contributed by atoms with Crippen LogP contribution in [0.5, 0.6) is 5.88 Å². The number of anilines is 1. The van der Waals surface area contributed by atoms with Gasteiger partial charge in [-0.2, -0.15) is 24.8 Å². The van der Waals surface area contributed by atoms with E-state index in [0.717, 1.165) is 12.8 Å². The van der Waals surface area contributed by atoms with E-state index in [4.69, 9.17) is 5.26 Å². The molecule has 0 radical (unpaired) electrons. The first-order valence-corrected chi connectivity index (χ1v) is 8.07. The predicted molar refractivity (Wildman–Crippen MR) is 89.9 cm³/mol. The first-order valence-electron chi connectivity index (χ1n) is 8.07. The van der Waals surface area contributed by atoms with Crippen molar-refractivity contribution in [2.45, 2.75) is 25.3 Å². The molecule has 3 heterocycles. The molecule has 1 saturated carbocycles. The SMILES string of the molecule is N#CCCNc1nc(=NC2CC2)n2ncc(=Cc3[nH]c(=O)[nH]c3O)c2n1. The van der Waals surface area contributed by atoms with Crippen LogP contribution >= 0.6 is 0 Å². The van der Waals surface area contributed by atoms with E-state index in [1.807, 2.05) is 6.07 Å². The van der Waals surface area contributed by atoms with Gasteiger partial charge >= 0.3 is 5.69 Å². The second kappa shape index (κ2) is 6.32. The van der Waals surface area contributed by atoms with E-state index < -0.39 is 5.69 Å². The van der Waals surface area contributed by atoms with Gasteiger partial charge in [0.25, 0.3) is 5.62 Å². The maximum absolute atomic E-state index is 11.3. The Labute approximate surface area is 145 Å². The molecular formula is C15H15N9O2. The summed E-state index contributed by atoms with van der Waals surface area (Å²) in [6.07, 6.45) is 5.46. The number of nitrogens with zero attached hydrogens (tertiary/aromatic N) is 6. The molecule has 1 fully saturated rings. The van der Waals surface area contributed by atoms with E-state index in [9.17, 15) is 9.90 Å². The molecule has 0 atom stereocenters. The highest BCUT2D eigenvalue weighted by Gasteiger charge is 2.20. The highest BCUT2D eigenvalue weighted by molar-refractivity contribution is 5.57. The number of imidazole rings is 1. The lowest BCUT2D eigenvalue weighted by Crippen LogP contribution is -2.25. The molecule has 1 aliphatic rings. The summed E-state index contributed by atoms with van der Waals surface area (Å²) in [6.45, 7) is 0.411. The standard InChI is InChI=1S/C15H15N9O2/c16-4-1-5-17-13-21-11-8(6-10-12(25)22-15(26)20-10)7-18-24(11)14(23-13)19-9-2-3-9/h6-7,9,25H,1-3,5H2,(H,17,19,23)(H2,20,22,26). The molecule has 11 heteroatoms. The van der Waals surface area contributed by atoms with Crippen LogP contribution in [-0.2, 0) is 0 Å². The maximum Gasteiger partial charge on any atom is 0.326 e. The fraction of sp³-hybridized carbons (Fsp3) is 0.333. The van der Waals surface area contributed by atoms with Crippen molar-refractivity contribution in [3.05, 3.63) is 33.2 Å². The van der Waals surface area contributed by atoms with Crippen LogP contribution in [0.4, 0.5) is 5.95 Å². The van der Waals surface area contributed by atoms with Gasteiger partial charge in [-0.15, -0.1) is 0 Å². The lowest BCUT2D eigenvalue weighted by Gasteiger charge is -2.02. The molecule has 4 rings (SSSR count). The molecule has 3 aromatic rings.